The minimum atomic E-state index is -0.497. The standard InChI is InChI=1S/C12H21N3O3/c1-12(2,3)18-11(17)15-7-6-14-5-4-13-10(16)9(14)8-15/h9H,4-8H2,1-3H3,(H,13,16). The van der Waals surface area contributed by atoms with Gasteiger partial charge in [-0.2, -0.15) is 0 Å². The summed E-state index contributed by atoms with van der Waals surface area (Å²) in [6.07, 6.45) is -0.333. The zero-order chi connectivity index (χ0) is 13.3. The summed E-state index contributed by atoms with van der Waals surface area (Å²) in [5.41, 5.74) is -0.497. The van der Waals surface area contributed by atoms with Gasteiger partial charge >= 0.3 is 6.09 Å². The molecule has 6 heteroatoms. The third-order valence-corrected chi connectivity index (χ3v) is 3.14. The van der Waals surface area contributed by atoms with Crippen molar-refractivity contribution >= 4 is 12.0 Å². The zero-order valence-corrected chi connectivity index (χ0v) is 11.2. The quantitative estimate of drug-likeness (QED) is 0.664. The first kappa shape index (κ1) is 13.1. The van der Waals surface area contributed by atoms with E-state index >= 15 is 0 Å². The van der Waals surface area contributed by atoms with E-state index in [1.807, 2.05) is 20.8 Å². The molecule has 2 saturated heterocycles. The van der Waals surface area contributed by atoms with Crippen LogP contribution in [-0.2, 0) is 9.53 Å². The molecule has 0 aromatic carbocycles. The van der Waals surface area contributed by atoms with Gasteiger partial charge in [0, 0.05) is 32.7 Å². The highest BCUT2D eigenvalue weighted by atomic mass is 16.6. The summed E-state index contributed by atoms with van der Waals surface area (Å²) < 4.78 is 5.33. The van der Waals surface area contributed by atoms with Gasteiger partial charge in [-0.15, -0.1) is 0 Å². The van der Waals surface area contributed by atoms with E-state index in [9.17, 15) is 9.59 Å². The van der Waals surface area contributed by atoms with Crippen LogP contribution in [0.5, 0.6) is 0 Å². The molecular weight excluding hydrogens is 234 g/mol. The summed E-state index contributed by atoms with van der Waals surface area (Å²) >= 11 is 0. The van der Waals surface area contributed by atoms with Gasteiger partial charge in [0.1, 0.15) is 11.6 Å². The van der Waals surface area contributed by atoms with E-state index in [-0.39, 0.29) is 18.0 Å². The summed E-state index contributed by atoms with van der Waals surface area (Å²) in [6.45, 7) is 8.86. The predicted octanol–water partition coefficient (Wildman–Crippen LogP) is 0.0375. The van der Waals surface area contributed by atoms with Crippen molar-refractivity contribution in [3.63, 3.8) is 0 Å². The molecule has 0 aliphatic carbocycles. The number of ether oxygens (including phenoxy) is 1. The van der Waals surface area contributed by atoms with E-state index in [0.29, 0.717) is 19.6 Å². The fourth-order valence-corrected chi connectivity index (χ4v) is 2.27. The Kier molecular flexibility index (Phi) is 3.47. The smallest absolute Gasteiger partial charge is 0.410 e. The molecule has 102 valence electrons. The topological polar surface area (TPSA) is 61.9 Å². The Morgan fingerprint density at radius 3 is 2.72 bits per heavy atom. The molecule has 0 bridgehead atoms. The fourth-order valence-electron chi connectivity index (χ4n) is 2.27. The van der Waals surface area contributed by atoms with Crippen molar-refractivity contribution in [3.05, 3.63) is 0 Å². The lowest BCUT2D eigenvalue weighted by atomic mass is 10.1. The molecule has 6 nitrogen and oxygen atoms in total. The monoisotopic (exact) mass is 255 g/mol. The van der Waals surface area contributed by atoms with E-state index in [4.69, 9.17) is 4.74 Å². The molecule has 18 heavy (non-hydrogen) atoms. The van der Waals surface area contributed by atoms with Gasteiger partial charge in [0.25, 0.3) is 0 Å². The first-order chi connectivity index (χ1) is 8.37. The second-order valence-corrected chi connectivity index (χ2v) is 5.77. The highest BCUT2D eigenvalue weighted by molar-refractivity contribution is 5.83. The van der Waals surface area contributed by atoms with Crippen LogP contribution in [-0.4, -0.2) is 66.2 Å². The number of piperazine rings is 2. The summed E-state index contributed by atoms with van der Waals surface area (Å²) in [6, 6.07) is -0.222. The molecule has 0 spiro atoms. The van der Waals surface area contributed by atoms with Crippen LogP contribution < -0.4 is 5.32 Å². The average molecular weight is 255 g/mol. The Balaban J connectivity index is 1.96. The lowest BCUT2D eigenvalue weighted by Gasteiger charge is -2.43. The van der Waals surface area contributed by atoms with Crippen LogP contribution in [0.3, 0.4) is 0 Å². The van der Waals surface area contributed by atoms with Crippen molar-refractivity contribution < 1.29 is 14.3 Å². The third kappa shape index (κ3) is 2.93. The number of hydrogen-bond donors (Lipinski definition) is 1. The highest BCUT2D eigenvalue weighted by Crippen LogP contribution is 2.16. The Bertz CT molecular complexity index is 351. The molecule has 2 amide bonds. The molecule has 0 radical (unpaired) electrons. The lowest BCUT2D eigenvalue weighted by Crippen LogP contribution is -2.64. The second-order valence-electron chi connectivity index (χ2n) is 5.77. The SMILES string of the molecule is CC(C)(C)OC(=O)N1CCN2CCNC(=O)C2C1. The van der Waals surface area contributed by atoms with Gasteiger partial charge in [0.15, 0.2) is 0 Å². The van der Waals surface area contributed by atoms with E-state index in [0.717, 1.165) is 13.1 Å². The molecule has 2 heterocycles. The first-order valence-corrected chi connectivity index (χ1v) is 6.36. The van der Waals surface area contributed by atoms with E-state index in [2.05, 4.69) is 10.2 Å². The predicted molar refractivity (Wildman–Crippen MR) is 66.2 cm³/mol. The summed E-state index contributed by atoms with van der Waals surface area (Å²) in [5.74, 6) is 0.00880. The molecule has 2 fully saturated rings. The minimum absolute atomic E-state index is 0.00880. The van der Waals surface area contributed by atoms with E-state index < -0.39 is 5.60 Å². The number of carbonyl (C=O) groups excluding carboxylic acids is 2. The molecule has 2 rings (SSSR count). The van der Waals surface area contributed by atoms with Crippen molar-refractivity contribution in [2.45, 2.75) is 32.4 Å². The van der Waals surface area contributed by atoms with Crippen molar-refractivity contribution in [1.82, 2.24) is 15.1 Å². The maximum Gasteiger partial charge on any atom is 0.410 e. The van der Waals surface area contributed by atoms with Crippen molar-refractivity contribution in [2.75, 3.05) is 32.7 Å². The Morgan fingerprint density at radius 2 is 2.06 bits per heavy atom. The molecule has 1 unspecified atom stereocenters. The van der Waals surface area contributed by atoms with Gasteiger partial charge < -0.3 is 15.0 Å². The first-order valence-electron chi connectivity index (χ1n) is 6.36. The minimum Gasteiger partial charge on any atom is -0.444 e. The summed E-state index contributed by atoms with van der Waals surface area (Å²) in [7, 11) is 0. The molecule has 0 saturated carbocycles. The number of hydrogen-bond acceptors (Lipinski definition) is 4. The van der Waals surface area contributed by atoms with Crippen LogP contribution in [0.1, 0.15) is 20.8 Å². The number of fused-ring (bicyclic) bond motifs is 1. The molecule has 0 aromatic rings. The van der Waals surface area contributed by atoms with Crippen LogP contribution in [0, 0.1) is 0 Å². The second kappa shape index (κ2) is 4.76. The summed E-state index contributed by atoms with van der Waals surface area (Å²) in [4.78, 5) is 27.4. The molecular formula is C12H21N3O3. The Labute approximate surface area is 107 Å². The Hall–Kier alpha value is -1.30. The van der Waals surface area contributed by atoms with Crippen LogP contribution in [0.15, 0.2) is 0 Å². The van der Waals surface area contributed by atoms with Crippen molar-refractivity contribution in [3.8, 4) is 0 Å². The molecule has 1 N–H and O–H groups in total. The van der Waals surface area contributed by atoms with Gasteiger partial charge in [-0.1, -0.05) is 0 Å². The molecule has 1 atom stereocenters. The number of rotatable bonds is 0. The number of nitrogens with zero attached hydrogens (tertiary/aromatic N) is 2. The highest BCUT2D eigenvalue weighted by Gasteiger charge is 2.37. The van der Waals surface area contributed by atoms with Crippen molar-refractivity contribution in [2.24, 2.45) is 0 Å². The summed E-state index contributed by atoms with van der Waals surface area (Å²) in [5, 5.41) is 2.83. The lowest BCUT2D eigenvalue weighted by molar-refractivity contribution is -0.131. The van der Waals surface area contributed by atoms with Gasteiger partial charge in [0.05, 0.1) is 0 Å². The van der Waals surface area contributed by atoms with Crippen molar-refractivity contribution in [1.29, 1.82) is 0 Å². The normalized spacial score (nSPS) is 25.4. The van der Waals surface area contributed by atoms with Crippen LogP contribution in [0.4, 0.5) is 4.79 Å². The molecule has 2 aliphatic heterocycles. The average Bonchev–Trinajstić information content (AvgIpc) is 2.27. The Morgan fingerprint density at radius 1 is 1.33 bits per heavy atom. The van der Waals surface area contributed by atoms with Gasteiger partial charge in [-0.25, -0.2) is 4.79 Å². The van der Waals surface area contributed by atoms with Gasteiger partial charge in [-0.05, 0) is 20.8 Å². The number of nitrogens with one attached hydrogen (secondary N) is 1. The zero-order valence-electron chi connectivity index (χ0n) is 11.2. The number of carbonyl (C=O) groups is 2. The molecule has 0 aromatic heterocycles. The van der Waals surface area contributed by atoms with E-state index in [1.54, 1.807) is 4.90 Å². The maximum absolute atomic E-state index is 11.9. The van der Waals surface area contributed by atoms with Crippen LogP contribution in [0.2, 0.25) is 0 Å². The largest absolute Gasteiger partial charge is 0.444 e. The van der Waals surface area contributed by atoms with E-state index in [1.165, 1.54) is 0 Å². The van der Waals surface area contributed by atoms with Crippen LogP contribution in [0.25, 0.3) is 0 Å². The van der Waals surface area contributed by atoms with Gasteiger partial charge in [-0.3, -0.25) is 9.69 Å². The number of amides is 2. The van der Waals surface area contributed by atoms with Gasteiger partial charge in [0.2, 0.25) is 5.91 Å². The molecule has 2 aliphatic rings. The maximum atomic E-state index is 11.9. The van der Waals surface area contributed by atoms with Crippen LogP contribution >= 0.6 is 0 Å². The fraction of sp³-hybridized carbons (Fsp3) is 0.833. The third-order valence-electron chi connectivity index (χ3n) is 3.14.